The summed E-state index contributed by atoms with van der Waals surface area (Å²) in [6, 6.07) is 3.00. The summed E-state index contributed by atoms with van der Waals surface area (Å²) in [5.41, 5.74) is 1.11. The van der Waals surface area contributed by atoms with E-state index in [1.54, 1.807) is 28.6 Å². The zero-order valence-electron chi connectivity index (χ0n) is 15.7. The highest BCUT2D eigenvalue weighted by Crippen LogP contribution is 2.23. The summed E-state index contributed by atoms with van der Waals surface area (Å²) >= 11 is 2.65. The number of hydrogen-bond acceptors (Lipinski definition) is 8. The third-order valence-corrected chi connectivity index (χ3v) is 6.33. The lowest BCUT2D eigenvalue weighted by atomic mass is 10.3. The maximum absolute atomic E-state index is 12.5. The molecule has 29 heavy (non-hydrogen) atoms. The zero-order chi connectivity index (χ0) is 20.4. The van der Waals surface area contributed by atoms with E-state index in [2.05, 4.69) is 15.2 Å². The molecule has 0 saturated carbocycles. The van der Waals surface area contributed by atoms with Crippen LogP contribution in [-0.4, -0.2) is 64.5 Å². The molecule has 0 spiro atoms. The van der Waals surface area contributed by atoms with E-state index in [-0.39, 0.29) is 11.6 Å². The minimum atomic E-state index is -0.466. The summed E-state index contributed by atoms with van der Waals surface area (Å²) in [7, 11) is 1.31. The number of rotatable bonds is 4. The normalized spacial score (nSPS) is 14.9. The molecule has 1 aliphatic heterocycles. The van der Waals surface area contributed by atoms with Gasteiger partial charge in [-0.2, -0.15) is 0 Å². The molecule has 0 bridgehead atoms. The van der Waals surface area contributed by atoms with Gasteiger partial charge in [-0.05, 0) is 11.4 Å². The maximum atomic E-state index is 12.5. The van der Waals surface area contributed by atoms with E-state index in [1.165, 1.54) is 34.2 Å². The number of carbonyl (C=O) groups excluding carboxylic acids is 2. The number of methoxy groups -OCH3 is 1. The second-order valence-electron chi connectivity index (χ2n) is 6.49. The quantitative estimate of drug-likeness (QED) is 0.632. The predicted octanol–water partition coefficient (Wildman–Crippen LogP) is 1.95. The lowest BCUT2D eigenvalue weighted by Gasteiger charge is -2.34. The average molecular weight is 434 g/mol. The Morgan fingerprint density at radius 3 is 2.76 bits per heavy atom. The first-order chi connectivity index (χ1) is 14.0. The van der Waals surface area contributed by atoms with Crippen LogP contribution in [0, 0.1) is 0 Å². The van der Waals surface area contributed by atoms with Crippen molar-refractivity contribution in [3.05, 3.63) is 50.0 Å². The number of amides is 2. The molecule has 1 aliphatic rings. The lowest BCUT2D eigenvalue weighted by molar-refractivity contribution is 0.0607. The Labute approximate surface area is 174 Å². The van der Waals surface area contributed by atoms with Gasteiger partial charge >= 0.3 is 12.0 Å². The molecule has 1 fully saturated rings. The third-order valence-electron chi connectivity index (χ3n) is 4.68. The van der Waals surface area contributed by atoms with E-state index in [1.807, 2.05) is 5.38 Å². The molecule has 0 aromatic carbocycles. The Hall–Kier alpha value is -2.76. The number of anilines is 1. The van der Waals surface area contributed by atoms with Gasteiger partial charge in [0.1, 0.15) is 4.88 Å². The number of ether oxygens (including phenoxy) is 1. The molecular weight excluding hydrogens is 414 g/mol. The van der Waals surface area contributed by atoms with Crippen molar-refractivity contribution in [3.63, 3.8) is 0 Å². The van der Waals surface area contributed by atoms with E-state index in [0.717, 1.165) is 5.69 Å². The van der Waals surface area contributed by atoms with Crippen LogP contribution in [0.2, 0.25) is 0 Å². The van der Waals surface area contributed by atoms with Gasteiger partial charge in [0.25, 0.3) is 5.56 Å². The van der Waals surface area contributed by atoms with Crippen LogP contribution in [0.1, 0.15) is 15.4 Å². The average Bonchev–Trinajstić information content (AvgIpc) is 3.37. The van der Waals surface area contributed by atoms with Gasteiger partial charge in [-0.1, -0.05) is 0 Å². The number of nitrogens with zero attached hydrogens (tertiary/aromatic N) is 4. The van der Waals surface area contributed by atoms with Crippen molar-refractivity contribution in [2.75, 3.05) is 38.6 Å². The molecule has 1 N–H and O–H groups in total. The van der Waals surface area contributed by atoms with Crippen molar-refractivity contribution in [2.45, 2.75) is 6.54 Å². The number of urea groups is 1. The summed E-state index contributed by atoms with van der Waals surface area (Å²) in [5.74, 6) is -0.466. The minimum Gasteiger partial charge on any atom is -0.465 e. The molecule has 3 aromatic heterocycles. The molecule has 1 saturated heterocycles. The molecule has 11 heteroatoms. The van der Waals surface area contributed by atoms with Gasteiger partial charge in [0.05, 0.1) is 18.5 Å². The minimum absolute atomic E-state index is 0.0820. The van der Waals surface area contributed by atoms with E-state index in [9.17, 15) is 14.4 Å². The van der Waals surface area contributed by atoms with Crippen LogP contribution >= 0.6 is 22.7 Å². The first-order valence-electron chi connectivity index (χ1n) is 8.95. The number of piperazine rings is 1. The number of thiazole rings is 1. The molecule has 152 valence electrons. The zero-order valence-corrected chi connectivity index (χ0v) is 17.3. The number of nitrogens with one attached hydrogen (secondary N) is 1. The van der Waals surface area contributed by atoms with E-state index < -0.39 is 5.97 Å². The fraction of sp³-hybridized carbons (Fsp3) is 0.333. The molecule has 2 amide bonds. The van der Waals surface area contributed by atoms with Crippen LogP contribution in [0.15, 0.2) is 33.9 Å². The van der Waals surface area contributed by atoms with Gasteiger partial charge in [0, 0.05) is 50.4 Å². The third kappa shape index (κ3) is 4.16. The van der Waals surface area contributed by atoms with E-state index in [0.29, 0.717) is 48.2 Å². The first kappa shape index (κ1) is 19.6. The van der Waals surface area contributed by atoms with Gasteiger partial charge in [-0.3, -0.25) is 14.1 Å². The number of thiophene rings is 1. The van der Waals surface area contributed by atoms with Crippen molar-refractivity contribution in [3.8, 4) is 0 Å². The number of esters is 1. The van der Waals surface area contributed by atoms with Crippen LogP contribution < -0.4 is 10.9 Å². The van der Waals surface area contributed by atoms with Crippen molar-refractivity contribution in [2.24, 2.45) is 0 Å². The number of hydrogen-bond donors (Lipinski definition) is 1. The number of aromatic nitrogens is 2. The highest BCUT2D eigenvalue weighted by molar-refractivity contribution is 7.15. The van der Waals surface area contributed by atoms with Crippen LogP contribution in [0.5, 0.6) is 0 Å². The summed E-state index contributed by atoms with van der Waals surface area (Å²) in [6.45, 7) is 3.00. The Bertz CT molecular complexity index is 1100. The Kier molecular flexibility index (Phi) is 5.60. The largest absolute Gasteiger partial charge is 0.465 e. The summed E-state index contributed by atoms with van der Waals surface area (Å²) in [6.07, 6.45) is 1.72. The van der Waals surface area contributed by atoms with Crippen LogP contribution in [-0.2, 0) is 11.3 Å². The van der Waals surface area contributed by atoms with Gasteiger partial charge in [-0.25, -0.2) is 14.6 Å². The summed E-state index contributed by atoms with van der Waals surface area (Å²) in [5, 5.41) is 6.36. The smallest absolute Gasteiger partial charge is 0.350 e. The van der Waals surface area contributed by atoms with Gasteiger partial charge in [-0.15, -0.1) is 22.7 Å². The van der Waals surface area contributed by atoms with Crippen molar-refractivity contribution < 1.29 is 14.3 Å². The second kappa shape index (κ2) is 8.31. The van der Waals surface area contributed by atoms with Gasteiger partial charge < -0.3 is 15.0 Å². The molecule has 0 aliphatic carbocycles. The summed E-state index contributed by atoms with van der Waals surface area (Å²) in [4.78, 5) is 45.9. The first-order valence-corrected chi connectivity index (χ1v) is 10.7. The Balaban J connectivity index is 1.34. The van der Waals surface area contributed by atoms with Crippen molar-refractivity contribution in [1.82, 2.24) is 19.2 Å². The number of fused-ring (bicyclic) bond motifs is 1. The van der Waals surface area contributed by atoms with Gasteiger partial charge in [0.2, 0.25) is 0 Å². The Morgan fingerprint density at radius 2 is 2.00 bits per heavy atom. The molecule has 0 atom stereocenters. The van der Waals surface area contributed by atoms with Crippen LogP contribution in [0.25, 0.3) is 4.96 Å². The standard InChI is InChI=1S/C18H19N5O4S2/c1-27-16(25)15-13(2-8-28-15)20-17(26)22-5-3-21(4-6-22)11-12-10-14(24)23-7-9-29-18(23)19-12/h2,7-10H,3-6,11H2,1H3,(H,20,26). The fourth-order valence-electron chi connectivity index (χ4n) is 3.16. The topological polar surface area (TPSA) is 96.2 Å². The second-order valence-corrected chi connectivity index (χ2v) is 8.28. The number of carbonyl (C=O) groups is 2. The van der Waals surface area contributed by atoms with E-state index in [4.69, 9.17) is 4.74 Å². The molecule has 4 heterocycles. The molecule has 9 nitrogen and oxygen atoms in total. The van der Waals surface area contributed by atoms with E-state index >= 15 is 0 Å². The fourth-order valence-corrected chi connectivity index (χ4v) is 4.66. The lowest BCUT2D eigenvalue weighted by Crippen LogP contribution is -2.49. The molecule has 4 rings (SSSR count). The monoisotopic (exact) mass is 433 g/mol. The highest BCUT2D eigenvalue weighted by Gasteiger charge is 2.23. The summed E-state index contributed by atoms with van der Waals surface area (Å²) < 4.78 is 6.27. The molecular formula is C18H19N5O4S2. The van der Waals surface area contributed by atoms with Gasteiger partial charge in [0.15, 0.2) is 4.96 Å². The Morgan fingerprint density at radius 1 is 1.21 bits per heavy atom. The SMILES string of the molecule is COC(=O)c1sccc1NC(=O)N1CCN(Cc2cc(=O)n3ccsc3n2)CC1. The molecule has 0 radical (unpaired) electrons. The van der Waals surface area contributed by atoms with Crippen LogP contribution in [0.3, 0.4) is 0 Å². The molecule has 3 aromatic rings. The molecule has 0 unspecified atom stereocenters. The highest BCUT2D eigenvalue weighted by atomic mass is 32.1. The predicted molar refractivity (Wildman–Crippen MR) is 111 cm³/mol. The maximum Gasteiger partial charge on any atom is 0.350 e. The van der Waals surface area contributed by atoms with Crippen molar-refractivity contribution >= 4 is 45.3 Å². The van der Waals surface area contributed by atoms with Crippen molar-refractivity contribution in [1.29, 1.82) is 0 Å². The van der Waals surface area contributed by atoms with Crippen LogP contribution in [0.4, 0.5) is 10.5 Å².